The number of aromatic nitrogens is 1. The fourth-order valence-corrected chi connectivity index (χ4v) is 9.83. The molecule has 0 N–H and O–H groups in total. The summed E-state index contributed by atoms with van der Waals surface area (Å²) in [4.78, 5) is 4.82. The van der Waals surface area contributed by atoms with Crippen LogP contribution >= 0.6 is 11.3 Å². The maximum Gasteiger partial charge on any atom is 0.264 e. The lowest BCUT2D eigenvalue weighted by Gasteiger charge is -2.43. The number of halogens is 1. The molecule has 0 amide bonds. The maximum absolute atomic E-state index is 14.4. The summed E-state index contributed by atoms with van der Waals surface area (Å²) in [6.07, 6.45) is 0. The van der Waals surface area contributed by atoms with E-state index in [0.29, 0.717) is 0 Å². The molecular formula is C45H29BFN3S. The molecule has 9 aromatic rings. The van der Waals surface area contributed by atoms with Crippen LogP contribution < -0.4 is 25.5 Å². The molecule has 0 atom stereocenters. The number of aryl methyl sites for hydroxylation is 1. The van der Waals surface area contributed by atoms with E-state index >= 15 is 0 Å². The molecule has 0 unspecified atom stereocenters. The third kappa shape index (κ3) is 4.05. The Kier molecular flexibility index (Phi) is 6.02. The van der Waals surface area contributed by atoms with Crippen molar-refractivity contribution in [1.82, 2.24) is 4.57 Å². The van der Waals surface area contributed by atoms with Crippen molar-refractivity contribution >= 4 is 99.8 Å². The van der Waals surface area contributed by atoms with Gasteiger partial charge in [0.2, 0.25) is 0 Å². The zero-order valence-corrected chi connectivity index (χ0v) is 28.5. The van der Waals surface area contributed by atoms with Crippen LogP contribution in [-0.4, -0.2) is 11.3 Å². The summed E-state index contributed by atoms with van der Waals surface area (Å²) in [5.74, 6) is -0.239. The van der Waals surface area contributed by atoms with Gasteiger partial charge in [-0.3, -0.25) is 0 Å². The van der Waals surface area contributed by atoms with Gasteiger partial charge in [-0.1, -0.05) is 84.4 Å². The van der Waals surface area contributed by atoms with Gasteiger partial charge in [-0.25, -0.2) is 4.39 Å². The Balaban J connectivity index is 1.29. The van der Waals surface area contributed by atoms with E-state index in [1.54, 1.807) is 12.1 Å². The van der Waals surface area contributed by atoms with Crippen LogP contribution in [0.5, 0.6) is 0 Å². The first-order chi connectivity index (χ1) is 25.1. The largest absolute Gasteiger partial charge is 0.311 e. The summed E-state index contributed by atoms with van der Waals surface area (Å²) in [5.41, 5.74) is 14.0. The lowest BCUT2D eigenvalue weighted by atomic mass is 9.36. The fourth-order valence-electron chi connectivity index (χ4n) is 8.51. The number of rotatable bonds is 3. The first kappa shape index (κ1) is 28.7. The van der Waals surface area contributed by atoms with E-state index in [1.165, 1.54) is 64.5 Å². The van der Waals surface area contributed by atoms with Crippen molar-refractivity contribution in [3.8, 4) is 5.69 Å². The molecule has 7 aromatic carbocycles. The summed E-state index contributed by atoms with van der Waals surface area (Å²) in [6.45, 7) is 2.14. The van der Waals surface area contributed by atoms with Gasteiger partial charge in [0.25, 0.3) is 6.71 Å². The standard InChI is InChI=1S/C45H29BFN3S/c1-28-18-22-31(23-19-28)49-38-15-9-16-39-43(38)46(45-44(34-13-6-8-17-42(34)51-45)50(39)32-24-20-29(47)21-25-32)36-26-35-33-12-5-7-14-37(33)48(40(35)27-41(36)49)30-10-3-2-4-11-30/h2-27H,1H3. The first-order valence-electron chi connectivity index (χ1n) is 17.3. The van der Waals surface area contributed by atoms with Gasteiger partial charge >= 0.3 is 0 Å². The molecule has 11 rings (SSSR count). The second kappa shape index (κ2) is 10.7. The van der Waals surface area contributed by atoms with Crippen molar-refractivity contribution in [3.05, 3.63) is 169 Å². The van der Waals surface area contributed by atoms with Gasteiger partial charge in [0.05, 0.1) is 16.7 Å². The highest BCUT2D eigenvalue weighted by molar-refractivity contribution is 7.33. The van der Waals surface area contributed by atoms with E-state index in [2.05, 4.69) is 155 Å². The highest BCUT2D eigenvalue weighted by Gasteiger charge is 2.45. The molecule has 51 heavy (non-hydrogen) atoms. The second-order valence-electron chi connectivity index (χ2n) is 13.6. The minimum Gasteiger partial charge on any atom is -0.311 e. The van der Waals surface area contributed by atoms with Crippen molar-refractivity contribution in [1.29, 1.82) is 0 Å². The fraction of sp³-hybridized carbons (Fsp3) is 0.0222. The summed E-state index contributed by atoms with van der Waals surface area (Å²) < 4.78 is 19.3. The van der Waals surface area contributed by atoms with E-state index in [-0.39, 0.29) is 12.5 Å². The van der Waals surface area contributed by atoms with Crippen molar-refractivity contribution in [2.75, 3.05) is 9.80 Å². The van der Waals surface area contributed by atoms with Gasteiger partial charge in [-0.15, -0.1) is 11.3 Å². The van der Waals surface area contributed by atoms with Crippen LogP contribution in [0.1, 0.15) is 5.56 Å². The Morgan fingerprint density at radius 3 is 2.00 bits per heavy atom. The number of hydrogen-bond acceptors (Lipinski definition) is 3. The smallest absolute Gasteiger partial charge is 0.264 e. The average molecular weight is 674 g/mol. The van der Waals surface area contributed by atoms with Gasteiger partial charge in [-0.2, -0.15) is 0 Å². The van der Waals surface area contributed by atoms with Crippen molar-refractivity contribution in [2.24, 2.45) is 0 Å². The highest BCUT2D eigenvalue weighted by atomic mass is 32.1. The molecule has 0 radical (unpaired) electrons. The molecule has 6 heteroatoms. The predicted molar refractivity (Wildman–Crippen MR) is 215 cm³/mol. The number of hydrogen-bond donors (Lipinski definition) is 0. The number of fused-ring (bicyclic) bond motifs is 9. The van der Waals surface area contributed by atoms with Gasteiger partial charge < -0.3 is 14.4 Å². The number of anilines is 6. The molecule has 0 saturated carbocycles. The molecule has 3 nitrogen and oxygen atoms in total. The molecule has 0 bridgehead atoms. The minimum absolute atomic E-state index is 0.000217. The Morgan fingerprint density at radius 2 is 1.20 bits per heavy atom. The SMILES string of the molecule is Cc1ccc(N2c3cc4c(cc3B3c5sc6ccccc6c5N(c5ccc(F)cc5)c5cccc2c53)c2ccccc2n4-c2ccccc2)cc1. The third-order valence-electron chi connectivity index (χ3n) is 10.7. The molecule has 240 valence electrons. The molecule has 0 fully saturated rings. The molecular weight excluding hydrogens is 644 g/mol. The summed E-state index contributed by atoms with van der Waals surface area (Å²) in [7, 11) is 0. The van der Waals surface area contributed by atoms with Crippen molar-refractivity contribution < 1.29 is 4.39 Å². The maximum atomic E-state index is 14.4. The first-order valence-corrected chi connectivity index (χ1v) is 18.1. The van der Waals surface area contributed by atoms with Crippen LogP contribution in [0.4, 0.5) is 38.5 Å². The average Bonchev–Trinajstić information content (AvgIpc) is 3.71. The zero-order valence-electron chi connectivity index (χ0n) is 27.7. The normalized spacial score (nSPS) is 13.2. The number of benzene rings is 7. The molecule has 2 aliphatic heterocycles. The van der Waals surface area contributed by atoms with E-state index < -0.39 is 0 Å². The number of nitrogens with zero attached hydrogens (tertiary/aromatic N) is 3. The van der Waals surface area contributed by atoms with Gasteiger partial charge in [0.1, 0.15) is 5.82 Å². The molecule has 0 saturated heterocycles. The molecule has 0 spiro atoms. The van der Waals surface area contributed by atoms with Crippen LogP contribution in [0.15, 0.2) is 158 Å². The van der Waals surface area contributed by atoms with Crippen LogP contribution in [0.3, 0.4) is 0 Å². The van der Waals surface area contributed by atoms with Crippen molar-refractivity contribution in [2.45, 2.75) is 6.92 Å². The predicted octanol–water partition coefficient (Wildman–Crippen LogP) is 10.5. The highest BCUT2D eigenvalue weighted by Crippen LogP contribution is 2.48. The van der Waals surface area contributed by atoms with Gasteiger partial charge in [-0.05, 0) is 96.7 Å². The Hall–Kier alpha value is -6.11. The molecule has 2 aliphatic rings. The van der Waals surface area contributed by atoms with Crippen molar-refractivity contribution in [3.63, 3.8) is 0 Å². The Morgan fingerprint density at radius 1 is 0.529 bits per heavy atom. The Bertz CT molecular complexity index is 2840. The van der Waals surface area contributed by atoms with Gasteiger partial charge in [0, 0.05) is 59.8 Å². The van der Waals surface area contributed by atoms with Gasteiger partial charge in [0.15, 0.2) is 0 Å². The summed E-state index contributed by atoms with van der Waals surface area (Å²) in [5, 5.41) is 3.68. The quantitative estimate of drug-likeness (QED) is 0.173. The summed E-state index contributed by atoms with van der Waals surface area (Å²) in [6, 6.07) is 55.6. The Labute approximate surface area is 299 Å². The molecule has 2 aromatic heterocycles. The topological polar surface area (TPSA) is 11.4 Å². The monoisotopic (exact) mass is 673 g/mol. The van der Waals surface area contributed by atoms with E-state index in [1.807, 2.05) is 23.5 Å². The minimum atomic E-state index is -0.239. The number of thiophene rings is 1. The number of para-hydroxylation sites is 2. The van der Waals surface area contributed by atoms with E-state index in [0.717, 1.165) is 28.4 Å². The summed E-state index contributed by atoms with van der Waals surface area (Å²) >= 11 is 1.87. The second-order valence-corrected chi connectivity index (χ2v) is 14.6. The molecule has 4 heterocycles. The lowest BCUT2D eigenvalue weighted by Crippen LogP contribution is -2.60. The van der Waals surface area contributed by atoms with E-state index in [9.17, 15) is 4.39 Å². The zero-order chi connectivity index (χ0) is 33.8. The van der Waals surface area contributed by atoms with Crippen LogP contribution in [-0.2, 0) is 0 Å². The van der Waals surface area contributed by atoms with Crippen LogP contribution in [0, 0.1) is 12.7 Å². The van der Waals surface area contributed by atoms with Crippen LogP contribution in [0.2, 0.25) is 0 Å². The van der Waals surface area contributed by atoms with Crippen LogP contribution in [0.25, 0.3) is 37.6 Å². The molecule has 0 aliphatic carbocycles. The third-order valence-corrected chi connectivity index (χ3v) is 11.9. The van der Waals surface area contributed by atoms with E-state index in [4.69, 9.17) is 0 Å². The lowest BCUT2D eigenvalue weighted by molar-refractivity contribution is 0.628.